The van der Waals surface area contributed by atoms with Gasteiger partial charge in [-0.1, -0.05) is 6.92 Å². The molecule has 0 saturated heterocycles. The average molecular weight is 234 g/mol. The number of benzene rings is 1. The molecule has 0 aromatic heterocycles. The lowest BCUT2D eigenvalue weighted by molar-refractivity contribution is -0.108. The molecule has 0 N–H and O–H groups in total. The van der Waals surface area contributed by atoms with Crippen LogP contribution in [0.4, 0.5) is 0 Å². The number of carbonyl (C=O) groups is 1. The maximum absolute atomic E-state index is 10.6. The molecule has 1 aromatic carbocycles. The second-order valence-electron chi connectivity index (χ2n) is 4.54. The SMILES string of the molecule is Cc1c(C(C)CC=O)cc2c(c1C)OCCO2. The van der Waals surface area contributed by atoms with E-state index in [2.05, 4.69) is 13.8 Å². The minimum atomic E-state index is 0.224. The molecule has 1 aliphatic heterocycles. The second kappa shape index (κ2) is 4.78. The number of carbonyl (C=O) groups excluding carboxylic acids is 1. The van der Waals surface area contributed by atoms with Gasteiger partial charge in [-0.3, -0.25) is 0 Å². The lowest BCUT2D eigenvalue weighted by atomic mass is 9.90. The number of rotatable bonds is 3. The molecule has 3 nitrogen and oxygen atoms in total. The Morgan fingerprint density at radius 1 is 1.29 bits per heavy atom. The molecule has 0 bridgehead atoms. The van der Waals surface area contributed by atoms with Crippen LogP contribution in [0.25, 0.3) is 0 Å². The highest BCUT2D eigenvalue weighted by Gasteiger charge is 2.20. The fraction of sp³-hybridized carbons (Fsp3) is 0.500. The zero-order chi connectivity index (χ0) is 12.4. The zero-order valence-electron chi connectivity index (χ0n) is 10.6. The summed E-state index contributed by atoms with van der Waals surface area (Å²) in [5.41, 5.74) is 3.50. The highest BCUT2D eigenvalue weighted by molar-refractivity contribution is 5.57. The second-order valence-corrected chi connectivity index (χ2v) is 4.54. The maximum atomic E-state index is 10.6. The van der Waals surface area contributed by atoms with Crippen LogP contribution in [0.3, 0.4) is 0 Å². The van der Waals surface area contributed by atoms with Crippen molar-refractivity contribution in [3.63, 3.8) is 0 Å². The quantitative estimate of drug-likeness (QED) is 0.754. The molecule has 1 aromatic rings. The summed E-state index contributed by atoms with van der Waals surface area (Å²) >= 11 is 0. The molecule has 0 spiro atoms. The van der Waals surface area contributed by atoms with Crippen LogP contribution < -0.4 is 9.47 Å². The summed E-state index contributed by atoms with van der Waals surface area (Å²) < 4.78 is 11.3. The van der Waals surface area contributed by atoms with Crippen LogP contribution in [0.2, 0.25) is 0 Å². The Balaban J connectivity index is 2.47. The molecular formula is C14H18O3. The smallest absolute Gasteiger partial charge is 0.164 e. The summed E-state index contributed by atoms with van der Waals surface area (Å²) in [4.78, 5) is 10.6. The highest BCUT2D eigenvalue weighted by atomic mass is 16.6. The van der Waals surface area contributed by atoms with Crippen LogP contribution in [0.1, 0.15) is 36.0 Å². The minimum Gasteiger partial charge on any atom is -0.486 e. The van der Waals surface area contributed by atoms with Gasteiger partial charge in [-0.15, -0.1) is 0 Å². The van der Waals surface area contributed by atoms with E-state index in [-0.39, 0.29) is 5.92 Å². The van der Waals surface area contributed by atoms with E-state index < -0.39 is 0 Å². The Morgan fingerprint density at radius 2 is 2.00 bits per heavy atom. The van der Waals surface area contributed by atoms with E-state index in [4.69, 9.17) is 9.47 Å². The number of hydrogen-bond acceptors (Lipinski definition) is 3. The van der Waals surface area contributed by atoms with Gasteiger partial charge in [-0.2, -0.15) is 0 Å². The average Bonchev–Trinajstić information content (AvgIpc) is 2.34. The summed E-state index contributed by atoms with van der Waals surface area (Å²) in [6.07, 6.45) is 1.51. The largest absolute Gasteiger partial charge is 0.486 e. The lowest BCUT2D eigenvalue weighted by Crippen LogP contribution is -2.17. The Hall–Kier alpha value is -1.51. The summed E-state index contributed by atoms with van der Waals surface area (Å²) in [5, 5.41) is 0. The molecule has 1 aliphatic rings. The van der Waals surface area contributed by atoms with Crippen LogP contribution in [-0.2, 0) is 4.79 Å². The minimum absolute atomic E-state index is 0.224. The van der Waals surface area contributed by atoms with Crippen LogP contribution in [-0.4, -0.2) is 19.5 Å². The normalized spacial score (nSPS) is 15.5. The van der Waals surface area contributed by atoms with E-state index in [9.17, 15) is 4.79 Å². The van der Waals surface area contributed by atoms with Crippen molar-refractivity contribution in [3.05, 3.63) is 22.8 Å². The van der Waals surface area contributed by atoms with E-state index in [0.717, 1.165) is 23.3 Å². The number of fused-ring (bicyclic) bond motifs is 1. The van der Waals surface area contributed by atoms with Crippen LogP contribution in [0, 0.1) is 13.8 Å². The molecule has 2 rings (SSSR count). The van der Waals surface area contributed by atoms with Gasteiger partial charge < -0.3 is 14.3 Å². The number of ether oxygens (including phenoxy) is 2. The lowest BCUT2D eigenvalue weighted by Gasteiger charge is -2.24. The van der Waals surface area contributed by atoms with Crippen molar-refractivity contribution >= 4 is 6.29 Å². The van der Waals surface area contributed by atoms with Crippen LogP contribution >= 0.6 is 0 Å². The standard InChI is InChI=1S/C14H18O3/c1-9(4-5-15)12-8-13-14(11(3)10(12)2)17-7-6-16-13/h5,8-9H,4,6-7H2,1-3H3. The first-order valence-corrected chi connectivity index (χ1v) is 5.98. The molecule has 1 unspecified atom stereocenters. The fourth-order valence-corrected chi connectivity index (χ4v) is 2.25. The Kier molecular flexibility index (Phi) is 3.36. The van der Waals surface area contributed by atoms with Gasteiger partial charge in [0, 0.05) is 6.42 Å². The van der Waals surface area contributed by atoms with E-state index in [1.165, 1.54) is 11.1 Å². The summed E-state index contributed by atoms with van der Waals surface area (Å²) in [6, 6.07) is 2.02. The van der Waals surface area contributed by atoms with E-state index in [0.29, 0.717) is 19.6 Å². The molecule has 1 heterocycles. The van der Waals surface area contributed by atoms with Crippen LogP contribution in [0.5, 0.6) is 11.5 Å². The third-order valence-electron chi connectivity index (χ3n) is 3.41. The molecule has 0 radical (unpaired) electrons. The van der Waals surface area contributed by atoms with Crippen molar-refractivity contribution in [2.45, 2.75) is 33.1 Å². The third-order valence-corrected chi connectivity index (χ3v) is 3.41. The van der Waals surface area contributed by atoms with Gasteiger partial charge in [0.1, 0.15) is 19.5 Å². The van der Waals surface area contributed by atoms with E-state index >= 15 is 0 Å². The van der Waals surface area contributed by atoms with Gasteiger partial charge in [0.05, 0.1) is 0 Å². The van der Waals surface area contributed by atoms with Crippen molar-refractivity contribution < 1.29 is 14.3 Å². The monoisotopic (exact) mass is 234 g/mol. The first kappa shape index (κ1) is 12.0. The topological polar surface area (TPSA) is 35.5 Å². The first-order chi connectivity index (χ1) is 8.15. The van der Waals surface area contributed by atoms with Gasteiger partial charge in [0.15, 0.2) is 11.5 Å². The Morgan fingerprint density at radius 3 is 2.71 bits per heavy atom. The number of aldehydes is 1. The summed E-state index contributed by atoms with van der Waals surface area (Å²) in [7, 11) is 0. The maximum Gasteiger partial charge on any atom is 0.164 e. The summed E-state index contributed by atoms with van der Waals surface area (Å²) in [6.45, 7) is 7.38. The molecule has 0 amide bonds. The van der Waals surface area contributed by atoms with Crippen molar-refractivity contribution in [3.8, 4) is 11.5 Å². The van der Waals surface area contributed by atoms with Gasteiger partial charge in [0.25, 0.3) is 0 Å². The van der Waals surface area contributed by atoms with E-state index in [1.807, 2.05) is 13.0 Å². The van der Waals surface area contributed by atoms with Crippen LogP contribution in [0.15, 0.2) is 6.07 Å². The van der Waals surface area contributed by atoms with Crippen molar-refractivity contribution in [1.29, 1.82) is 0 Å². The van der Waals surface area contributed by atoms with Crippen molar-refractivity contribution in [1.82, 2.24) is 0 Å². The molecule has 0 aliphatic carbocycles. The molecule has 1 atom stereocenters. The van der Waals surface area contributed by atoms with Crippen molar-refractivity contribution in [2.24, 2.45) is 0 Å². The summed E-state index contributed by atoms with van der Waals surface area (Å²) in [5.74, 6) is 1.89. The molecule has 3 heteroatoms. The highest BCUT2D eigenvalue weighted by Crippen LogP contribution is 2.39. The van der Waals surface area contributed by atoms with Gasteiger partial charge in [0.2, 0.25) is 0 Å². The molecule has 0 saturated carbocycles. The van der Waals surface area contributed by atoms with Gasteiger partial charge in [-0.25, -0.2) is 0 Å². The molecule has 17 heavy (non-hydrogen) atoms. The van der Waals surface area contributed by atoms with Gasteiger partial charge in [-0.05, 0) is 42.5 Å². The Bertz CT molecular complexity index is 438. The van der Waals surface area contributed by atoms with Crippen molar-refractivity contribution in [2.75, 3.05) is 13.2 Å². The third kappa shape index (κ3) is 2.14. The zero-order valence-corrected chi connectivity index (χ0v) is 10.6. The molecule has 0 fully saturated rings. The molecular weight excluding hydrogens is 216 g/mol. The van der Waals surface area contributed by atoms with Gasteiger partial charge >= 0.3 is 0 Å². The Labute approximate surface area is 102 Å². The fourth-order valence-electron chi connectivity index (χ4n) is 2.25. The predicted octanol–water partition coefficient (Wildman–Crippen LogP) is 2.77. The molecule has 92 valence electrons. The first-order valence-electron chi connectivity index (χ1n) is 5.98. The predicted molar refractivity (Wildman–Crippen MR) is 66.0 cm³/mol. The van der Waals surface area contributed by atoms with E-state index in [1.54, 1.807) is 0 Å². The number of hydrogen-bond donors (Lipinski definition) is 0.